The lowest BCUT2D eigenvalue weighted by atomic mass is 10.1. The second kappa shape index (κ2) is 17.6. The normalized spacial score (nSPS) is 11.5. The van der Waals surface area contributed by atoms with Crippen molar-refractivity contribution in [1.82, 2.24) is 9.97 Å². The summed E-state index contributed by atoms with van der Waals surface area (Å²) in [6, 6.07) is 0. The largest absolute Gasteiger partial charge is 0.237 e. The molecular formula is C26H42Br2N2S2. The number of thiazole rings is 2. The van der Waals surface area contributed by atoms with Crippen LogP contribution < -0.4 is 0 Å². The maximum Gasteiger partial charge on any atom is 0.153 e. The predicted octanol–water partition coefficient (Wildman–Crippen LogP) is 11.2. The van der Waals surface area contributed by atoms with Crippen LogP contribution in [-0.2, 0) is 12.8 Å². The van der Waals surface area contributed by atoms with E-state index < -0.39 is 0 Å². The van der Waals surface area contributed by atoms with Crippen molar-refractivity contribution in [2.24, 2.45) is 0 Å². The van der Waals surface area contributed by atoms with Crippen LogP contribution in [0.2, 0.25) is 0 Å². The fourth-order valence-corrected chi connectivity index (χ4v) is 7.20. The molecule has 0 aromatic carbocycles. The molecule has 0 aliphatic rings. The summed E-state index contributed by atoms with van der Waals surface area (Å²) in [4.78, 5) is 9.87. The van der Waals surface area contributed by atoms with Crippen molar-refractivity contribution in [3.63, 3.8) is 0 Å². The van der Waals surface area contributed by atoms with E-state index >= 15 is 0 Å². The van der Waals surface area contributed by atoms with Crippen LogP contribution in [0.1, 0.15) is 128 Å². The summed E-state index contributed by atoms with van der Waals surface area (Å²) in [7, 11) is 0. The minimum Gasteiger partial charge on any atom is -0.237 e. The third-order valence-electron chi connectivity index (χ3n) is 6.02. The Balaban J connectivity index is 1.71. The van der Waals surface area contributed by atoms with Crippen LogP contribution in [0.25, 0.3) is 10.0 Å². The molecule has 0 N–H and O–H groups in total. The highest BCUT2D eigenvalue weighted by Gasteiger charge is 2.16. The lowest BCUT2D eigenvalue weighted by molar-refractivity contribution is 0.574. The molecule has 32 heavy (non-hydrogen) atoms. The molecule has 0 spiro atoms. The lowest BCUT2D eigenvalue weighted by Gasteiger charge is -2.01. The zero-order valence-electron chi connectivity index (χ0n) is 20.2. The molecule has 0 bridgehead atoms. The van der Waals surface area contributed by atoms with Crippen molar-refractivity contribution in [2.45, 2.75) is 129 Å². The zero-order chi connectivity index (χ0) is 23.0. The van der Waals surface area contributed by atoms with E-state index in [0.29, 0.717) is 0 Å². The zero-order valence-corrected chi connectivity index (χ0v) is 25.0. The Labute approximate surface area is 221 Å². The Morgan fingerprint density at radius 1 is 0.500 bits per heavy atom. The molecule has 0 amide bonds. The highest BCUT2D eigenvalue weighted by atomic mass is 79.9. The Morgan fingerprint density at radius 2 is 0.812 bits per heavy atom. The number of hydrogen-bond acceptors (Lipinski definition) is 4. The van der Waals surface area contributed by atoms with Crippen LogP contribution in [0.15, 0.2) is 7.57 Å². The summed E-state index contributed by atoms with van der Waals surface area (Å²) in [5, 5.41) is 2.14. The van der Waals surface area contributed by atoms with E-state index in [4.69, 9.17) is 9.97 Å². The summed E-state index contributed by atoms with van der Waals surface area (Å²) >= 11 is 11.0. The van der Waals surface area contributed by atoms with Gasteiger partial charge in [0.2, 0.25) is 0 Å². The summed E-state index contributed by atoms with van der Waals surface area (Å²) in [6.45, 7) is 4.56. The van der Waals surface area contributed by atoms with Crippen LogP contribution in [0.5, 0.6) is 0 Å². The summed E-state index contributed by atoms with van der Waals surface area (Å²) < 4.78 is 2.37. The van der Waals surface area contributed by atoms with E-state index in [-0.39, 0.29) is 0 Å². The monoisotopic (exact) mass is 604 g/mol. The summed E-state index contributed by atoms with van der Waals surface area (Å²) in [5.74, 6) is 0. The van der Waals surface area contributed by atoms with Gasteiger partial charge < -0.3 is 0 Å². The maximum atomic E-state index is 4.94. The average molecular weight is 607 g/mol. The fourth-order valence-electron chi connectivity index (χ4n) is 4.01. The Morgan fingerprint density at radius 3 is 1.16 bits per heavy atom. The van der Waals surface area contributed by atoms with Gasteiger partial charge in [-0.05, 0) is 57.5 Å². The second-order valence-corrected chi connectivity index (χ2v) is 13.6. The van der Waals surface area contributed by atoms with Crippen LogP contribution in [0, 0.1) is 0 Å². The Kier molecular flexibility index (Phi) is 15.7. The first kappa shape index (κ1) is 28.5. The Hall–Kier alpha value is 0.220. The summed E-state index contributed by atoms with van der Waals surface area (Å²) in [6.07, 6.45) is 23.8. The minimum absolute atomic E-state index is 1.07. The van der Waals surface area contributed by atoms with Gasteiger partial charge in [0.1, 0.15) is 0 Å². The van der Waals surface area contributed by atoms with E-state index in [0.717, 1.165) is 22.9 Å². The molecule has 0 aliphatic carbocycles. The van der Waals surface area contributed by atoms with Gasteiger partial charge in [0, 0.05) is 0 Å². The van der Waals surface area contributed by atoms with Gasteiger partial charge >= 0.3 is 0 Å². The lowest BCUT2D eigenvalue weighted by Crippen LogP contribution is -1.89. The topological polar surface area (TPSA) is 25.8 Å². The van der Waals surface area contributed by atoms with Gasteiger partial charge in [-0.15, -0.1) is 22.7 Å². The van der Waals surface area contributed by atoms with E-state index in [1.165, 1.54) is 122 Å². The van der Waals surface area contributed by atoms with Crippen LogP contribution >= 0.6 is 54.5 Å². The standard InChI is InChI=1S/C26H42Br2N2S2/c1-3-5-7-9-11-13-15-17-19-21-23(27)31-25(29-21)26-30-22(24(28)32-26)20-18-16-14-12-10-8-6-4-2/h3-20H2,1-2H3. The van der Waals surface area contributed by atoms with E-state index in [2.05, 4.69) is 45.7 Å². The first-order valence-corrected chi connectivity index (χ1v) is 16.2. The highest BCUT2D eigenvalue weighted by Crippen LogP contribution is 2.38. The van der Waals surface area contributed by atoms with E-state index in [9.17, 15) is 0 Å². The predicted molar refractivity (Wildman–Crippen MR) is 151 cm³/mol. The van der Waals surface area contributed by atoms with Crippen molar-refractivity contribution < 1.29 is 0 Å². The molecule has 0 atom stereocenters. The van der Waals surface area contributed by atoms with Crippen LogP contribution in [-0.4, -0.2) is 9.97 Å². The van der Waals surface area contributed by atoms with Gasteiger partial charge in [0.15, 0.2) is 10.0 Å². The number of halogens is 2. The molecule has 2 rings (SSSR count). The molecule has 0 saturated heterocycles. The molecular weight excluding hydrogens is 564 g/mol. The van der Waals surface area contributed by atoms with Crippen molar-refractivity contribution in [2.75, 3.05) is 0 Å². The number of rotatable bonds is 19. The molecule has 0 saturated carbocycles. The maximum absolute atomic E-state index is 4.94. The van der Waals surface area contributed by atoms with Gasteiger partial charge in [0.25, 0.3) is 0 Å². The SMILES string of the molecule is CCCCCCCCCCc1nc(-c2nc(CCCCCCCCCC)c(Br)s2)sc1Br. The molecule has 182 valence electrons. The third kappa shape index (κ3) is 11.1. The molecule has 0 aliphatic heterocycles. The molecule has 0 fully saturated rings. The van der Waals surface area contributed by atoms with Crippen LogP contribution in [0.4, 0.5) is 0 Å². The average Bonchev–Trinajstić information content (AvgIpc) is 3.34. The van der Waals surface area contributed by atoms with Crippen molar-refractivity contribution >= 4 is 54.5 Å². The molecule has 2 nitrogen and oxygen atoms in total. The third-order valence-corrected chi connectivity index (χ3v) is 9.82. The van der Waals surface area contributed by atoms with Crippen molar-refractivity contribution in [1.29, 1.82) is 0 Å². The van der Waals surface area contributed by atoms with Crippen LogP contribution in [0.3, 0.4) is 0 Å². The molecule has 6 heteroatoms. The first-order chi connectivity index (χ1) is 15.7. The number of aromatic nitrogens is 2. The van der Waals surface area contributed by atoms with Crippen molar-refractivity contribution in [3.8, 4) is 10.0 Å². The number of hydrogen-bond donors (Lipinski definition) is 0. The molecule has 0 unspecified atom stereocenters. The number of nitrogens with zero attached hydrogens (tertiary/aromatic N) is 2. The number of unbranched alkanes of at least 4 members (excludes halogenated alkanes) is 14. The summed E-state index contributed by atoms with van der Waals surface area (Å²) in [5.41, 5.74) is 2.43. The number of aryl methyl sites for hydroxylation is 2. The highest BCUT2D eigenvalue weighted by molar-refractivity contribution is 9.11. The molecule has 2 aromatic rings. The molecule has 2 aromatic heterocycles. The van der Waals surface area contributed by atoms with Gasteiger partial charge in [-0.25, -0.2) is 9.97 Å². The second-order valence-electron chi connectivity index (χ2n) is 8.93. The molecule has 0 radical (unpaired) electrons. The fraction of sp³-hybridized carbons (Fsp3) is 0.769. The Bertz CT molecular complexity index is 680. The molecule has 2 heterocycles. The van der Waals surface area contributed by atoms with Gasteiger partial charge in [-0.3, -0.25) is 0 Å². The van der Waals surface area contributed by atoms with Gasteiger partial charge in [-0.2, -0.15) is 0 Å². The van der Waals surface area contributed by atoms with E-state index in [1.807, 2.05) is 0 Å². The first-order valence-electron chi connectivity index (χ1n) is 13.0. The van der Waals surface area contributed by atoms with Crippen molar-refractivity contribution in [3.05, 3.63) is 19.0 Å². The van der Waals surface area contributed by atoms with Gasteiger partial charge in [0.05, 0.1) is 19.0 Å². The quantitative estimate of drug-likeness (QED) is 0.149. The van der Waals surface area contributed by atoms with E-state index in [1.54, 1.807) is 22.7 Å². The smallest absolute Gasteiger partial charge is 0.153 e. The minimum atomic E-state index is 1.07. The van der Waals surface area contributed by atoms with Gasteiger partial charge in [-0.1, -0.05) is 104 Å².